The molecule has 0 bridgehead atoms. The van der Waals surface area contributed by atoms with Crippen LogP contribution in [0, 0.1) is 6.92 Å². The fourth-order valence-electron chi connectivity index (χ4n) is 1.74. The highest BCUT2D eigenvalue weighted by Crippen LogP contribution is 2.30. The SMILES string of the molecule is Cc1ncsc1-c1nc2c(N)cc(Br)cc2[nH]1. The number of imidazole rings is 1. The van der Waals surface area contributed by atoms with Gasteiger partial charge in [0.2, 0.25) is 0 Å². The van der Waals surface area contributed by atoms with Crippen molar-refractivity contribution in [1.29, 1.82) is 0 Å². The summed E-state index contributed by atoms with van der Waals surface area (Å²) in [5.41, 5.74) is 11.1. The number of halogens is 1. The molecule has 1 aromatic carbocycles. The van der Waals surface area contributed by atoms with Crippen molar-refractivity contribution in [2.24, 2.45) is 0 Å². The normalized spacial score (nSPS) is 11.2. The van der Waals surface area contributed by atoms with Gasteiger partial charge in [-0.25, -0.2) is 9.97 Å². The van der Waals surface area contributed by atoms with E-state index in [1.807, 2.05) is 24.6 Å². The van der Waals surface area contributed by atoms with Crippen molar-refractivity contribution < 1.29 is 0 Å². The summed E-state index contributed by atoms with van der Waals surface area (Å²) >= 11 is 4.99. The molecule has 0 aliphatic rings. The molecular weight excluding hydrogens is 300 g/mol. The smallest absolute Gasteiger partial charge is 0.150 e. The third-order valence-corrected chi connectivity index (χ3v) is 3.93. The van der Waals surface area contributed by atoms with E-state index in [0.29, 0.717) is 5.69 Å². The zero-order valence-corrected chi connectivity index (χ0v) is 11.4. The number of nitrogens with zero attached hydrogens (tertiary/aromatic N) is 2. The molecule has 0 saturated carbocycles. The van der Waals surface area contributed by atoms with Gasteiger partial charge in [0.25, 0.3) is 0 Å². The number of rotatable bonds is 1. The lowest BCUT2D eigenvalue weighted by molar-refractivity contribution is 1.24. The number of H-pyrrole nitrogens is 1. The highest BCUT2D eigenvalue weighted by atomic mass is 79.9. The monoisotopic (exact) mass is 308 g/mol. The number of nitrogens with two attached hydrogens (primary N) is 1. The van der Waals surface area contributed by atoms with Gasteiger partial charge >= 0.3 is 0 Å². The molecule has 0 fully saturated rings. The van der Waals surface area contributed by atoms with Crippen LogP contribution < -0.4 is 5.73 Å². The highest BCUT2D eigenvalue weighted by Gasteiger charge is 2.12. The average Bonchev–Trinajstić information content (AvgIpc) is 2.83. The zero-order chi connectivity index (χ0) is 12.0. The number of aromatic nitrogens is 3. The Kier molecular flexibility index (Phi) is 2.41. The first kappa shape index (κ1) is 10.7. The van der Waals surface area contributed by atoms with Crippen LogP contribution in [-0.4, -0.2) is 15.0 Å². The number of aromatic amines is 1. The number of nitrogen functional groups attached to an aromatic ring is 1. The van der Waals surface area contributed by atoms with E-state index in [0.717, 1.165) is 31.9 Å². The second-order valence-electron chi connectivity index (χ2n) is 3.74. The molecule has 86 valence electrons. The van der Waals surface area contributed by atoms with Crippen LogP contribution in [0.15, 0.2) is 22.1 Å². The third-order valence-electron chi connectivity index (χ3n) is 2.54. The predicted molar refractivity (Wildman–Crippen MR) is 74.1 cm³/mol. The van der Waals surface area contributed by atoms with Crippen molar-refractivity contribution in [2.45, 2.75) is 6.92 Å². The number of fused-ring (bicyclic) bond motifs is 1. The molecule has 3 aromatic rings. The Labute approximate surface area is 110 Å². The van der Waals surface area contributed by atoms with E-state index < -0.39 is 0 Å². The van der Waals surface area contributed by atoms with Crippen LogP contribution in [-0.2, 0) is 0 Å². The second kappa shape index (κ2) is 3.82. The van der Waals surface area contributed by atoms with Gasteiger partial charge in [0, 0.05) is 4.47 Å². The summed E-state index contributed by atoms with van der Waals surface area (Å²) in [6.45, 7) is 1.97. The topological polar surface area (TPSA) is 67.6 Å². The molecule has 0 atom stereocenters. The minimum absolute atomic E-state index is 0.666. The third kappa shape index (κ3) is 1.73. The van der Waals surface area contributed by atoms with E-state index in [2.05, 4.69) is 30.9 Å². The Morgan fingerprint density at radius 2 is 2.24 bits per heavy atom. The van der Waals surface area contributed by atoms with Crippen LogP contribution in [0.25, 0.3) is 21.7 Å². The van der Waals surface area contributed by atoms with Crippen molar-refractivity contribution in [1.82, 2.24) is 15.0 Å². The summed E-state index contributed by atoms with van der Waals surface area (Å²) < 4.78 is 0.943. The number of hydrogen-bond donors (Lipinski definition) is 2. The van der Waals surface area contributed by atoms with Crippen molar-refractivity contribution in [3.05, 3.63) is 27.8 Å². The highest BCUT2D eigenvalue weighted by molar-refractivity contribution is 9.10. The zero-order valence-electron chi connectivity index (χ0n) is 8.99. The molecule has 0 unspecified atom stereocenters. The van der Waals surface area contributed by atoms with E-state index in [1.165, 1.54) is 0 Å². The van der Waals surface area contributed by atoms with Gasteiger partial charge in [-0.1, -0.05) is 15.9 Å². The molecule has 0 aliphatic carbocycles. The van der Waals surface area contributed by atoms with Gasteiger partial charge < -0.3 is 10.7 Å². The fraction of sp³-hybridized carbons (Fsp3) is 0.0909. The molecule has 6 heteroatoms. The lowest BCUT2D eigenvalue weighted by Gasteiger charge is -1.94. The maximum atomic E-state index is 5.94. The summed E-state index contributed by atoms with van der Waals surface area (Å²) in [4.78, 5) is 13.1. The van der Waals surface area contributed by atoms with Gasteiger partial charge in [-0.3, -0.25) is 0 Å². The molecular formula is C11H9BrN4S. The number of hydrogen-bond acceptors (Lipinski definition) is 4. The molecule has 0 saturated heterocycles. The molecule has 0 radical (unpaired) electrons. The van der Waals surface area contributed by atoms with Gasteiger partial charge in [0.15, 0.2) is 5.82 Å². The molecule has 4 nitrogen and oxygen atoms in total. The van der Waals surface area contributed by atoms with Gasteiger partial charge in [-0.15, -0.1) is 11.3 Å². The molecule has 0 aliphatic heterocycles. The minimum Gasteiger partial charge on any atom is -0.397 e. The summed E-state index contributed by atoms with van der Waals surface area (Å²) in [7, 11) is 0. The van der Waals surface area contributed by atoms with E-state index in [1.54, 1.807) is 11.3 Å². The first-order valence-corrected chi connectivity index (χ1v) is 6.67. The minimum atomic E-state index is 0.666. The van der Waals surface area contributed by atoms with Crippen LogP contribution in [0.1, 0.15) is 5.69 Å². The number of anilines is 1. The number of benzene rings is 1. The van der Waals surface area contributed by atoms with Crippen LogP contribution in [0.2, 0.25) is 0 Å². The van der Waals surface area contributed by atoms with Crippen LogP contribution in [0.5, 0.6) is 0 Å². The molecule has 2 aromatic heterocycles. The quantitative estimate of drug-likeness (QED) is 0.677. The molecule has 2 heterocycles. The van der Waals surface area contributed by atoms with Crippen LogP contribution in [0.4, 0.5) is 5.69 Å². The molecule has 17 heavy (non-hydrogen) atoms. The maximum Gasteiger partial charge on any atom is 0.150 e. The Morgan fingerprint density at radius 3 is 2.94 bits per heavy atom. The molecule has 0 amide bonds. The maximum absolute atomic E-state index is 5.94. The van der Waals surface area contributed by atoms with Crippen LogP contribution in [0.3, 0.4) is 0 Å². The molecule has 3 N–H and O–H groups in total. The lowest BCUT2D eigenvalue weighted by atomic mass is 10.3. The Balaban J connectivity index is 2.27. The lowest BCUT2D eigenvalue weighted by Crippen LogP contribution is -1.86. The predicted octanol–water partition coefficient (Wildman–Crippen LogP) is 3.34. The van der Waals surface area contributed by atoms with E-state index >= 15 is 0 Å². The van der Waals surface area contributed by atoms with Gasteiger partial charge in [-0.2, -0.15) is 0 Å². The Morgan fingerprint density at radius 1 is 1.41 bits per heavy atom. The summed E-state index contributed by atoms with van der Waals surface area (Å²) in [6.07, 6.45) is 0. The average molecular weight is 309 g/mol. The number of thiazole rings is 1. The number of nitrogens with one attached hydrogen (secondary N) is 1. The van der Waals surface area contributed by atoms with Gasteiger partial charge in [-0.05, 0) is 19.1 Å². The van der Waals surface area contributed by atoms with Crippen molar-refractivity contribution in [3.63, 3.8) is 0 Å². The van der Waals surface area contributed by atoms with E-state index in [-0.39, 0.29) is 0 Å². The molecule has 3 rings (SSSR count). The van der Waals surface area contributed by atoms with Crippen molar-refractivity contribution in [2.75, 3.05) is 5.73 Å². The molecule has 0 spiro atoms. The van der Waals surface area contributed by atoms with Crippen molar-refractivity contribution >= 4 is 44.0 Å². The van der Waals surface area contributed by atoms with E-state index in [9.17, 15) is 0 Å². The standard InChI is InChI=1S/C11H9BrN4S/c1-5-10(17-4-14-5)11-15-8-3-6(12)2-7(13)9(8)16-11/h2-4H,13H2,1H3,(H,15,16). The summed E-state index contributed by atoms with van der Waals surface area (Å²) in [6, 6.07) is 3.82. The fourth-order valence-corrected chi connectivity index (χ4v) is 2.97. The first-order chi connectivity index (χ1) is 8.15. The Bertz CT molecular complexity index is 701. The van der Waals surface area contributed by atoms with Crippen LogP contribution >= 0.6 is 27.3 Å². The van der Waals surface area contributed by atoms with E-state index in [4.69, 9.17) is 5.73 Å². The van der Waals surface area contributed by atoms with Gasteiger partial charge in [0.05, 0.1) is 27.3 Å². The Hall–Kier alpha value is -1.40. The largest absolute Gasteiger partial charge is 0.397 e. The van der Waals surface area contributed by atoms with Gasteiger partial charge in [0.1, 0.15) is 5.52 Å². The summed E-state index contributed by atoms with van der Waals surface area (Å²) in [5, 5.41) is 0. The summed E-state index contributed by atoms with van der Waals surface area (Å²) in [5.74, 6) is 0.824. The number of aryl methyl sites for hydroxylation is 1. The second-order valence-corrected chi connectivity index (χ2v) is 5.51. The van der Waals surface area contributed by atoms with Crippen molar-refractivity contribution in [3.8, 4) is 10.7 Å². The first-order valence-electron chi connectivity index (χ1n) is 5.00.